The van der Waals surface area contributed by atoms with Gasteiger partial charge in [0.2, 0.25) is 0 Å². The van der Waals surface area contributed by atoms with Gasteiger partial charge in [0.05, 0.1) is 17.4 Å². The smallest absolute Gasteiger partial charge is 0.308 e. The van der Waals surface area contributed by atoms with Gasteiger partial charge in [-0.1, -0.05) is 12.1 Å². The number of fused-ring (bicyclic) bond motifs is 1. The van der Waals surface area contributed by atoms with Gasteiger partial charge in [-0.3, -0.25) is 9.59 Å². The largest absolute Gasteiger partial charge is 0.494 e. The molecule has 0 radical (unpaired) electrons. The number of thiophene rings is 2. The first-order chi connectivity index (χ1) is 12.6. The van der Waals surface area contributed by atoms with Crippen LogP contribution in [0.15, 0.2) is 41.1 Å². The van der Waals surface area contributed by atoms with Gasteiger partial charge < -0.3 is 15.2 Å². The van der Waals surface area contributed by atoms with E-state index in [0.717, 1.165) is 21.4 Å². The number of carbonyl (C=O) groups is 2. The summed E-state index contributed by atoms with van der Waals surface area (Å²) in [4.78, 5) is 24.5. The lowest BCUT2D eigenvalue weighted by molar-refractivity contribution is -0.141. The van der Waals surface area contributed by atoms with Gasteiger partial charge in [-0.25, -0.2) is 0 Å². The van der Waals surface area contributed by atoms with Crippen molar-refractivity contribution < 1.29 is 19.4 Å². The first-order valence-corrected chi connectivity index (χ1v) is 10.0. The predicted octanol–water partition coefficient (Wildman–Crippen LogP) is 4.03. The zero-order valence-corrected chi connectivity index (χ0v) is 15.9. The molecule has 0 aliphatic heterocycles. The third-order valence-electron chi connectivity index (χ3n) is 3.96. The molecular formula is C19H19NO4S2. The minimum atomic E-state index is -0.925. The monoisotopic (exact) mass is 389 g/mol. The van der Waals surface area contributed by atoms with Crippen molar-refractivity contribution in [2.45, 2.75) is 13.3 Å². The Morgan fingerprint density at radius 3 is 2.65 bits per heavy atom. The molecule has 0 spiro atoms. The van der Waals surface area contributed by atoms with E-state index in [9.17, 15) is 14.7 Å². The fourth-order valence-corrected chi connectivity index (χ4v) is 4.53. The van der Waals surface area contributed by atoms with Gasteiger partial charge in [-0.15, -0.1) is 11.3 Å². The Labute approximate surface area is 159 Å². The Balaban J connectivity index is 1.60. The number of rotatable bonds is 8. The van der Waals surface area contributed by atoms with Gasteiger partial charge in [0.15, 0.2) is 0 Å². The van der Waals surface area contributed by atoms with Crippen molar-refractivity contribution in [1.82, 2.24) is 5.32 Å². The van der Waals surface area contributed by atoms with Crippen LogP contribution in [0.4, 0.5) is 0 Å². The fraction of sp³-hybridized carbons (Fsp3) is 0.263. The van der Waals surface area contributed by atoms with Crippen LogP contribution >= 0.6 is 22.7 Å². The molecule has 3 aromatic rings. The average molecular weight is 389 g/mol. The minimum Gasteiger partial charge on any atom is -0.494 e. The topological polar surface area (TPSA) is 75.6 Å². The maximum absolute atomic E-state index is 12.3. The van der Waals surface area contributed by atoms with Crippen LogP contribution in [-0.2, 0) is 11.2 Å². The standard InChI is InChI=1S/C19H19NO4S2/c1-2-24-15-5-3-12(4-6-15)7-13(19(22)23)9-20-18(21)16-8-14-10-25-11-17(14)26-16/h3-6,8,10-11,13H,2,7,9H2,1H3,(H,20,21)(H,22,23). The molecule has 136 valence electrons. The number of hydrogen-bond acceptors (Lipinski definition) is 5. The minimum absolute atomic E-state index is 0.0894. The highest BCUT2D eigenvalue weighted by atomic mass is 32.1. The lowest BCUT2D eigenvalue weighted by Crippen LogP contribution is -2.33. The van der Waals surface area contributed by atoms with Crippen molar-refractivity contribution in [3.05, 3.63) is 51.5 Å². The van der Waals surface area contributed by atoms with Crippen molar-refractivity contribution >= 4 is 44.6 Å². The molecule has 7 heteroatoms. The highest BCUT2D eigenvalue weighted by Crippen LogP contribution is 2.28. The number of nitrogens with one attached hydrogen (secondary N) is 1. The van der Waals surface area contributed by atoms with E-state index in [2.05, 4.69) is 5.32 Å². The van der Waals surface area contributed by atoms with Crippen molar-refractivity contribution in [1.29, 1.82) is 0 Å². The second-order valence-electron chi connectivity index (χ2n) is 5.83. The number of benzene rings is 1. The molecule has 0 aliphatic carbocycles. The molecule has 3 rings (SSSR count). The Kier molecular flexibility index (Phi) is 5.90. The molecule has 5 nitrogen and oxygen atoms in total. The maximum Gasteiger partial charge on any atom is 0.308 e. The summed E-state index contributed by atoms with van der Waals surface area (Å²) in [7, 11) is 0. The number of ether oxygens (including phenoxy) is 1. The number of carboxylic acid groups (broad SMARTS) is 1. The molecule has 0 fully saturated rings. The van der Waals surface area contributed by atoms with Crippen LogP contribution in [0.2, 0.25) is 0 Å². The van der Waals surface area contributed by atoms with Crippen LogP contribution in [0.1, 0.15) is 22.2 Å². The fourth-order valence-electron chi connectivity index (χ4n) is 2.61. The molecule has 0 bridgehead atoms. The maximum atomic E-state index is 12.3. The third-order valence-corrected chi connectivity index (χ3v) is 5.97. The van der Waals surface area contributed by atoms with E-state index in [0.29, 0.717) is 17.9 Å². The summed E-state index contributed by atoms with van der Waals surface area (Å²) in [6.07, 6.45) is 0.348. The lowest BCUT2D eigenvalue weighted by Gasteiger charge is -2.13. The van der Waals surface area contributed by atoms with Crippen molar-refractivity contribution in [3.63, 3.8) is 0 Å². The van der Waals surface area contributed by atoms with Gasteiger partial charge in [0.25, 0.3) is 5.91 Å². The molecule has 2 heterocycles. The van der Waals surface area contributed by atoms with Crippen molar-refractivity contribution in [2.24, 2.45) is 5.92 Å². The molecule has 0 saturated heterocycles. The van der Waals surface area contributed by atoms with Gasteiger partial charge >= 0.3 is 5.97 Å². The van der Waals surface area contributed by atoms with Crippen LogP contribution < -0.4 is 10.1 Å². The lowest BCUT2D eigenvalue weighted by atomic mass is 9.99. The van der Waals surface area contributed by atoms with Crippen LogP contribution in [0.25, 0.3) is 10.1 Å². The van der Waals surface area contributed by atoms with Crippen molar-refractivity contribution in [2.75, 3.05) is 13.2 Å². The highest BCUT2D eigenvalue weighted by Gasteiger charge is 2.20. The van der Waals surface area contributed by atoms with E-state index in [1.54, 1.807) is 11.3 Å². The summed E-state index contributed by atoms with van der Waals surface area (Å²) in [6, 6.07) is 9.21. The quantitative estimate of drug-likeness (QED) is 0.610. The first kappa shape index (κ1) is 18.4. The third kappa shape index (κ3) is 4.42. The number of aliphatic carboxylic acids is 1. The van der Waals surface area contributed by atoms with Crippen LogP contribution in [0.3, 0.4) is 0 Å². The molecule has 1 atom stereocenters. The molecule has 1 amide bonds. The summed E-state index contributed by atoms with van der Waals surface area (Å²) >= 11 is 3.02. The van der Waals surface area contributed by atoms with E-state index >= 15 is 0 Å². The van der Waals surface area contributed by atoms with Gasteiger partial charge in [0, 0.05) is 22.0 Å². The van der Waals surface area contributed by atoms with Crippen LogP contribution in [0.5, 0.6) is 5.75 Å². The summed E-state index contributed by atoms with van der Waals surface area (Å²) in [6.45, 7) is 2.59. The predicted molar refractivity (Wildman–Crippen MR) is 104 cm³/mol. The van der Waals surface area contributed by atoms with Crippen LogP contribution in [0, 0.1) is 5.92 Å². The number of amides is 1. The number of carboxylic acids is 1. The van der Waals surface area contributed by atoms with Gasteiger partial charge in [0.1, 0.15) is 5.75 Å². The second kappa shape index (κ2) is 8.33. The Bertz CT molecular complexity index is 869. The zero-order valence-electron chi connectivity index (χ0n) is 14.2. The Hall–Kier alpha value is -2.38. The van der Waals surface area contributed by atoms with E-state index < -0.39 is 11.9 Å². The zero-order chi connectivity index (χ0) is 18.5. The molecule has 1 unspecified atom stereocenters. The number of carbonyl (C=O) groups excluding carboxylic acids is 1. The second-order valence-corrected chi connectivity index (χ2v) is 7.66. The summed E-state index contributed by atoms with van der Waals surface area (Å²) in [5.74, 6) is -1.08. The Morgan fingerprint density at radius 1 is 1.23 bits per heavy atom. The SMILES string of the molecule is CCOc1ccc(CC(CNC(=O)c2cc3cscc3s2)C(=O)O)cc1. The Morgan fingerprint density at radius 2 is 2.00 bits per heavy atom. The van der Waals surface area contributed by atoms with E-state index in [-0.39, 0.29) is 12.5 Å². The highest BCUT2D eigenvalue weighted by molar-refractivity contribution is 7.24. The van der Waals surface area contributed by atoms with Gasteiger partial charge in [-0.2, -0.15) is 11.3 Å². The summed E-state index contributed by atoms with van der Waals surface area (Å²) in [5.41, 5.74) is 0.895. The van der Waals surface area contributed by atoms with Crippen molar-refractivity contribution in [3.8, 4) is 5.75 Å². The molecule has 0 aliphatic rings. The van der Waals surface area contributed by atoms with E-state index in [1.807, 2.05) is 48.0 Å². The van der Waals surface area contributed by atoms with Gasteiger partial charge in [-0.05, 0) is 42.5 Å². The van der Waals surface area contributed by atoms with E-state index in [4.69, 9.17) is 4.74 Å². The normalized spacial score (nSPS) is 12.0. The molecule has 0 saturated carbocycles. The summed E-state index contributed by atoms with van der Waals surface area (Å²) in [5, 5.41) is 17.3. The molecule has 2 N–H and O–H groups in total. The molecule has 1 aromatic carbocycles. The molecule has 26 heavy (non-hydrogen) atoms. The average Bonchev–Trinajstić information content (AvgIpc) is 3.21. The number of hydrogen-bond donors (Lipinski definition) is 2. The van der Waals surface area contributed by atoms with E-state index in [1.165, 1.54) is 11.3 Å². The summed E-state index contributed by atoms with van der Waals surface area (Å²) < 4.78 is 6.46. The first-order valence-electron chi connectivity index (χ1n) is 8.25. The van der Waals surface area contributed by atoms with Crippen LogP contribution in [-0.4, -0.2) is 30.1 Å². The molecular weight excluding hydrogens is 370 g/mol. The molecule has 2 aromatic heterocycles.